The van der Waals surface area contributed by atoms with Gasteiger partial charge in [-0.25, -0.2) is 8.42 Å². The molecule has 0 aromatic rings. The van der Waals surface area contributed by atoms with Crippen molar-refractivity contribution in [3.8, 4) is 0 Å². The van der Waals surface area contributed by atoms with Gasteiger partial charge >= 0.3 is 0 Å². The Labute approximate surface area is 115 Å². The van der Waals surface area contributed by atoms with Crippen molar-refractivity contribution in [2.24, 2.45) is 5.73 Å². The van der Waals surface area contributed by atoms with E-state index in [0.29, 0.717) is 45.6 Å². The first kappa shape index (κ1) is 15.2. The van der Waals surface area contributed by atoms with Crippen molar-refractivity contribution >= 4 is 10.0 Å². The molecule has 7 heteroatoms. The molecule has 19 heavy (non-hydrogen) atoms. The first-order chi connectivity index (χ1) is 9.09. The summed E-state index contributed by atoms with van der Waals surface area (Å²) in [5, 5.41) is -0.311. The SMILES string of the molecule is COC1CCN(S(=O)(=O)C2CCOCC2)C(CN)C1. The predicted octanol–water partition coefficient (Wildman–Crippen LogP) is -0.0667. The molecule has 0 bridgehead atoms. The maximum Gasteiger partial charge on any atom is 0.217 e. The highest BCUT2D eigenvalue weighted by atomic mass is 32.2. The number of rotatable bonds is 4. The van der Waals surface area contributed by atoms with Crippen LogP contribution in [0.1, 0.15) is 25.7 Å². The molecule has 0 saturated carbocycles. The topological polar surface area (TPSA) is 81.9 Å². The Kier molecular flexibility index (Phi) is 5.19. The Morgan fingerprint density at radius 1 is 1.32 bits per heavy atom. The predicted molar refractivity (Wildman–Crippen MR) is 72.3 cm³/mol. The second kappa shape index (κ2) is 6.49. The zero-order chi connectivity index (χ0) is 13.9. The Morgan fingerprint density at radius 3 is 2.58 bits per heavy atom. The highest BCUT2D eigenvalue weighted by Crippen LogP contribution is 2.27. The van der Waals surface area contributed by atoms with E-state index in [-0.39, 0.29) is 17.4 Å². The molecule has 2 atom stereocenters. The van der Waals surface area contributed by atoms with Gasteiger partial charge in [0.15, 0.2) is 0 Å². The van der Waals surface area contributed by atoms with Gasteiger partial charge in [-0.15, -0.1) is 0 Å². The van der Waals surface area contributed by atoms with Gasteiger partial charge in [-0.1, -0.05) is 0 Å². The molecule has 0 spiro atoms. The molecule has 0 amide bonds. The number of piperidine rings is 1. The van der Waals surface area contributed by atoms with Crippen LogP contribution in [-0.4, -0.2) is 63.5 Å². The van der Waals surface area contributed by atoms with Crippen LogP contribution in [0.25, 0.3) is 0 Å². The summed E-state index contributed by atoms with van der Waals surface area (Å²) < 4.78 is 37.5. The summed E-state index contributed by atoms with van der Waals surface area (Å²) in [4.78, 5) is 0. The minimum absolute atomic E-state index is 0.120. The molecule has 2 aliphatic heterocycles. The third-order valence-corrected chi connectivity index (χ3v) is 6.58. The van der Waals surface area contributed by atoms with Crippen LogP contribution < -0.4 is 5.73 Å². The Morgan fingerprint density at radius 2 is 2.00 bits per heavy atom. The minimum atomic E-state index is -3.26. The van der Waals surface area contributed by atoms with E-state index in [4.69, 9.17) is 15.2 Å². The molecule has 0 radical (unpaired) electrons. The molecule has 2 heterocycles. The summed E-state index contributed by atoms with van der Waals surface area (Å²) in [5.74, 6) is 0. The summed E-state index contributed by atoms with van der Waals surface area (Å²) in [7, 11) is -1.59. The van der Waals surface area contributed by atoms with E-state index in [1.54, 1.807) is 11.4 Å². The van der Waals surface area contributed by atoms with Gasteiger partial charge in [-0.05, 0) is 25.7 Å². The van der Waals surface area contributed by atoms with E-state index >= 15 is 0 Å². The van der Waals surface area contributed by atoms with Crippen LogP contribution in [-0.2, 0) is 19.5 Å². The van der Waals surface area contributed by atoms with Gasteiger partial charge in [0.1, 0.15) is 0 Å². The van der Waals surface area contributed by atoms with Gasteiger partial charge in [-0.3, -0.25) is 0 Å². The highest BCUT2D eigenvalue weighted by Gasteiger charge is 2.40. The van der Waals surface area contributed by atoms with E-state index in [2.05, 4.69) is 0 Å². The largest absolute Gasteiger partial charge is 0.381 e. The third-order valence-electron chi connectivity index (χ3n) is 4.14. The standard InChI is InChI=1S/C12H24N2O4S/c1-17-11-2-5-14(10(8-11)9-13)19(15,16)12-3-6-18-7-4-12/h10-12H,2-9,13H2,1H3. The van der Waals surface area contributed by atoms with Crippen LogP contribution in [0.15, 0.2) is 0 Å². The molecule has 2 rings (SSSR count). The second-order valence-electron chi connectivity index (χ2n) is 5.24. The maximum atomic E-state index is 12.7. The van der Waals surface area contributed by atoms with Gasteiger partial charge in [0.2, 0.25) is 10.0 Å². The lowest BCUT2D eigenvalue weighted by Crippen LogP contribution is -2.54. The Balaban J connectivity index is 2.10. The smallest absolute Gasteiger partial charge is 0.217 e. The fourth-order valence-electron chi connectivity index (χ4n) is 2.92. The number of ether oxygens (including phenoxy) is 2. The molecule has 0 aromatic carbocycles. The first-order valence-corrected chi connectivity index (χ1v) is 8.41. The number of hydrogen-bond donors (Lipinski definition) is 1. The van der Waals surface area contributed by atoms with Crippen LogP contribution in [0.5, 0.6) is 0 Å². The lowest BCUT2D eigenvalue weighted by molar-refractivity contribution is 0.0388. The summed E-state index contributed by atoms with van der Waals surface area (Å²) in [6, 6.07) is -0.133. The van der Waals surface area contributed by atoms with Crippen molar-refractivity contribution in [3.05, 3.63) is 0 Å². The Hall–Kier alpha value is -0.210. The van der Waals surface area contributed by atoms with Crippen molar-refractivity contribution in [2.75, 3.05) is 33.4 Å². The molecule has 2 unspecified atom stereocenters. The van der Waals surface area contributed by atoms with Crippen LogP contribution in [0, 0.1) is 0 Å². The molecule has 0 aromatic heterocycles. The molecule has 2 fully saturated rings. The van der Waals surface area contributed by atoms with Gasteiger partial charge < -0.3 is 15.2 Å². The fourth-order valence-corrected chi connectivity index (χ4v) is 5.04. The summed E-state index contributed by atoms with van der Waals surface area (Å²) in [6.45, 7) is 1.93. The molecule has 2 aliphatic rings. The number of nitrogens with zero attached hydrogens (tertiary/aromatic N) is 1. The second-order valence-corrected chi connectivity index (χ2v) is 7.40. The van der Waals surface area contributed by atoms with Crippen LogP contribution in [0.4, 0.5) is 0 Å². The van der Waals surface area contributed by atoms with Gasteiger partial charge in [-0.2, -0.15) is 4.31 Å². The quantitative estimate of drug-likeness (QED) is 0.784. The molecular formula is C12H24N2O4S. The average Bonchev–Trinajstić information content (AvgIpc) is 2.47. The zero-order valence-corrected chi connectivity index (χ0v) is 12.3. The lowest BCUT2D eigenvalue weighted by atomic mass is 10.0. The van der Waals surface area contributed by atoms with Crippen molar-refractivity contribution in [1.29, 1.82) is 0 Å². The van der Waals surface area contributed by atoms with Crippen molar-refractivity contribution in [1.82, 2.24) is 4.31 Å². The average molecular weight is 292 g/mol. The maximum absolute atomic E-state index is 12.7. The minimum Gasteiger partial charge on any atom is -0.381 e. The first-order valence-electron chi connectivity index (χ1n) is 6.91. The zero-order valence-electron chi connectivity index (χ0n) is 11.5. The molecule has 2 saturated heterocycles. The Bertz CT molecular complexity index is 381. The van der Waals surface area contributed by atoms with Crippen LogP contribution in [0.2, 0.25) is 0 Å². The van der Waals surface area contributed by atoms with E-state index in [1.165, 1.54) is 0 Å². The number of sulfonamides is 1. The van der Waals surface area contributed by atoms with E-state index in [1.807, 2.05) is 0 Å². The summed E-state index contributed by atoms with van der Waals surface area (Å²) in [6.07, 6.45) is 2.73. The molecule has 2 N–H and O–H groups in total. The van der Waals surface area contributed by atoms with E-state index < -0.39 is 10.0 Å². The number of hydrogen-bond acceptors (Lipinski definition) is 5. The molecule has 112 valence electrons. The number of nitrogens with two attached hydrogens (primary N) is 1. The van der Waals surface area contributed by atoms with E-state index in [9.17, 15) is 8.42 Å². The van der Waals surface area contributed by atoms with E-state index in [0.717, 1.165) is 6.42 Å². The van der Waals surface area contributed by atoms with Gasteiger partial charge in [0.05, 0.1) is 11.4 Å². The van der Waals surface area contributed by atoms with Gasteiger partial charge in [0.25, 0.3) is 0 Å². The normalized spacial score (nSPS) is 31.5. The summed E-state index contributed by atoms with van der Waals surface area (Å²) >= 11 is 0. The molecule has 0 aliphatic carbocycles. The fraction of sp³-hybridized carbons (Fsp3) is 1.00. The third kappa shape index (κ3) is 3.28. The molecular weight excluding hydrogens is 268 g/mol. The van der Waals surface area contributed by atoms with Crippen LogP contribution >= 0.6 is 0 Å². The summed E-state index contributed by atoms with van der Waals surface area (Å²) in [5.41, 5.74) is 5.75. The van der Waals surface area contributed by atoms with Crippen molar-refractivity contribution in [3.63, 3.8) is 0 Å². The van der Waals surface area contributed by atoms with Crippen LogP contribution in [0.3, 0.4) is 0 Å². The molecule has 6 nitrogen and oxygen atoms in total. The lowest BCUT2D eigenvalue weighted by Gasteiger charge is -2.39. The van der Waals surface area contributed by atoms with Gasteiger partial charge in [0, 0.05) is 39.5 Å². The monoisotopic (exact) mass is 292 g/mol. The van der Waals surface area contributed by atoms with Crippen molar-refractivity contribution in [2.45, 2.75) is 43.1 Å². The number of methoxy groups -OCH3 is 1. The van der Waals surface area contributed by atoms with Crippen molar-refractivity contribution < 1.29 is 17.9 Å². The highest BCUT2D eigenvalue weighted by molar-refractivity contribution is 7.89.